The Hall–Kier alpha value is -2.42. The normalized spacial score (nSPS) is 10.2. The van der Waals surface area contributed by atoms with E-state index in [1.54, 1.807) is 12.1 Å². The van der Waals surface area contributed by atoms with Crippen molar-refractivity contribution in [1.29, 1.82) is 0 Å². The fourth-order valence-corrected chi connectivity index (χ4v) is 1.88. The van der Waals surface area contributed by atoms with Gasteiger partial charge in [0.1, 0.15) is 5.75 Å². The zero-order chi connectivity index (χ0) is 13.8. The number of aryl methyl sites for hydroxylation is 1. The van der Waals surface area contributed by atoms with E-state index in [-0.39, 0.29) is 17.7 Å². The molecule has 2 aromatic carbocycles. The van der Waals surface area contributed by atoms with Crippen LogP contribution in [0.15, 0.2) is 48.5 Å². The lowest BCUT2D eigenvalue weighted by Gasteiger charge is -2.05. The number of para-hydroxylation sites is 1. The summed E-state index contributed by atoms with van der Waals surface area (Å²) >= 11 is 0. The van der Waals surface area contributed by atoms with Crippen molar-refractivity contribution in [2.24, 2.45) is 0 Å². The third-order valence-corrected chi connectivity index (χ3v) is 3.01. The molecule has 0 atom stereocenters. The van der Waals surface area contributed by atoms with Crippen LogP contribution in [-0.4, -0.2) is 16.7 Å². The van der Waals surface area contributed by atoms with Crippen molar-refractivity contribution in [1.82, 2.24) is 0 Å². The maximum atomic E-state index is 12.0. The molecule has 0 amide bonds. The maximum absolute atomic E-state index is 12.0. The van der Waals surface area contributed by atoms with Crippen LogP contribution < -0.4 is 0 Å². The molecule has 3 heteroatoms. The Labute approximate surface area is 111 Å². The Morgan fingerprint density at radius 1 is 1.00 bits per heavy atom. The van der Waals surface area contributed by atoms with Crippen LogP contribution in [0, 0.1) is 6.92 Å². The first-order chi connectivity index (χ1) is 9.09. The van der Waals surface area contributed by atoms with Crippen molar-refractivity contribution in [3.8, 4) is 5.75 Å². The van der Waals surface area contributed by atoms with Crippen LogP contribution in [-0.2, 0) is 11.2 Å². The molecule has 19 heavy (non-hydrogen) atoms. The number of phenolic OH excluding ortho intramolecular Hbond substituents is 1. The van der Waals surface area contributed by atoms with Gasteiger partial charge >= 0.3 is 0 Å². The first-order valence-electron chi connectivity index (χ1n) is 5.99. The second-order valence-electron chi connectivity index (χ2n) is 4.37. The van der Waals surface area contributed by atoms with Crippen LogP contribution in [0.5, 0.6) is 5.75 Å². The van der Waals surface area contributed by atoms with E-state index >= 15 is 0 Å². The van der Waals surface area contributed by atoms with E-state index in [4.69, 9.17) is 0 Å². The van der Waals surface area contributed by atoms with Gasteiger partial charge in [-0.3, -0.25) is 9.59 Å². The number of rotatable bonds is 4. The summed E-state index contributed by atoms with van der Waals surface area (Å²) in [6, 6.07) is 13.5. The Balaban J connectivity index is 2.20. The van der Waals surface area contributed by atoms with Crippen LogP contribution in [0.4, 0.5) is 0 Å². The molecule has 0 spiro atoms. The van der Waals surface area contributed by atoms with E-state index in [1.165, 1.54) is 12.1 Å². The monoisotopic (exact) mass is 254 g/mol. The average Bonchev–Trinajstić information content (AvgIpc) is 2.41. The maximum Gasteiger partial charge on any atom is 0.232 e. The molecule has 0 radical (unpaired) electrons. The van der Waals surface area contributed by atoms with Crippen LogP contribution >= 0.6 is 0 Å². The first kappa shape index (κ1) is 13.0. The summed E-state index contributed by atoms with van der Waals surface area (Å²) in [4.78, 5) is 23.9. The van der Waals surface area contributed by atoms with Crippen molar-refractivity contribution in [3.05, 3.63) is 65.2 Å². The molecule has 0 heterocycles. The van der Waals surface area contributed by atoms with Gasteiger partial charge in [0.15, 0.2) is 0 Å². The molecule has 0 aliphatic carbocycles. The predicted octanol–water partition coefficient (Wildman–Crippen LogP) is 2.70. The molecule has 3 nitrogen and oxygen atoms in total. The number of phenols is 1. The summed E-state index contributed by atoms with van der Waals surface area (Å²) < 4.78 is 0. The first-order valence-corrected chi connectivity index (χ1v) is 5.99. The average molecular weight is 254 g/mol. The van der Waals surface area contributed by atoms with E-state index < -0.39 is 11.6 Å². The van der Waals surface area contributed by atoms with E-state index in [2.05, 4.69) is 0 Å². The number of aromatic hydroxyl groups is 1. The fraction of sp³-hybridized carbons (Fsp3) is 0.125. The minimum absolute atomic E-state index is 0.0554. The van der Waals surface area contributed by atoms with Gasteiger partial charge in [0.05, 0.1) is 5.56 Å². The largest absolute Gasteiger partial charge is 0.507 e. The number of benzene rings is 2. The number of carbonyl (C=O) groups is 2. The fourth-order valence-electron chi connectivity index (χ4n) is 1.88. The number of hydrogen-bond donors (Lipinski definition) is 1. The van der Waals surface area contributed by atoms with Gasteiger partial charge in [-0.05, 0) is 30.2 Å². The molecule has 0 unspecified atom stereocenters. The molecule has 0 aliphatic heterocycles. The highest BCUT2D eigenvalue weighted by Crippen LogP contribution is 2.17. The van der Waals surface area contributed by atoms with Crippen LogP contribution in [0.1, 0.15) is 21.5 Å². The standard InChI is InChI=1S/C16H14O3/c1-11-6-2-3-7-12(11)10-15(18)16(19)13-8-4-5-9-14(13)17/h2-9,17H,10H2,1H3. The van der Waals surface area contributed by atoms with Crippen LogP contribution in [0.2, 0.25) is 0 Å². The van der Waals surface area contributed by atoms with Crippen molar-refractivity contribution in [3.63, 3.8) is 0 Å². The van der Waals surface area contributed by atoms with Gasteiger partial charge < -0.3 is 5.11 Å². The summed E-state index contributed by atoms with van der Waals surface area (Å²) in [6.07, 6.45) is 0.0554. The smallest absolute Gasteiger partial charge is 0.232 e. The minimum atomic E-state index is -0.652. The third-order valence-electron chi connectivity index (χ3n) is 3.01. The number of carbonyl (C=O) groups excluding carboxylic acids is 2. The van der Waals surface area contributed by atoms with E-state index in [0.717, 1.165) is 11.1 Å². The Bertz CT molecular complexity index is 629. The Morgan fingerprint density at radius 3 is 2.32 bits per heavy atom. The summed E-state index contributed by atoms with van der Waals surface area (Å²) in [5, 5.41) is 9.58. The van der Waals surface area contributed by atoms with E-state index in [9.17, 15) is 14.7 Å². The highest BCUT2D eigenvalue weighted by atomic mass is 16.3. The molecular formula is C16H14O3. The number of hydrogen-bond acceptors (Lipinski definition) is 3. The molecule has 0 aliphatic rings. The second kappa shape index (κ2) is 5.48. The molecule has 1 N–H and O–H groups in total. The molecule has 0 bridgehead atoms. The zero-order valence-electron chi connectivity index (χ0n) is 10.6. The molecule has 2 rings (SSSR count). The highest BCUT2D eigenvalue weighted by Gasteiger charge is 2.19. The van der Waals surface area contributed by atoms with Crippen LogP contribution in [0.3, 0.4) is 0 Å². The molecule has 2 aromatic rings. The minimum Gasteiger partial charge on any atom is -0.507 e. The van der Waals surface area contributed by atoms with Crippen LogP contribution in [0.25, 0.3) is 0 Å². The van der Waals surface area contributed by atoms with Gasteiger partial charge in [-0.25, -0.2) is 0 Å². The topological polar surface area (TPSA) is 54.4 Å². The summed E-state index contributed by atoms with van der Waals surface area (Å²) in [7, 11) is 0. The van der Waals surface area contributed by atoms with Gasteiger partial charge in [0, 0.05) is 6.42 Å². The SMILES string of the molecule is Cc1ccccc1CC(=O)C(=O)c1ccccc1O. The quantitative estimate of drug-likeness (QED) is 0.674. The lowest BCUT2D eigenvalue weighted by atomic mass is 9.98. The lowest BCUT2D eigenvalue weighted by Crippen LogP contribution is -2.17. The molecule has 0 saturated carbocycles. The van der Waals surface area contributed by atoms with Crippen molar-refractivity contribution < 1.29 is 14.7 Å². The van der Waals surface area contributed by atoms with Crippen molar-refractivity contribution in [2.75, 3.05) is 0 Å². The molecule has 0 aromatic heterocycles. The number of ketones is 2. The van der Waals surface area contributed by atoms with E-state index in [0.29, 0.717) is 0 Å². The van der Waals surface area contributed by atoms with E-state index in [1.807, 2.05) is 31.2 Å². The van der Waals surface area contributed by atoms with Gasteiger partial charge in [0.2, 0.25) is 11.6 Å². The highest BCUT2D eigenvalue weighted by molar-refractivity contribution is 6.44. The Morgan fingerprint density at radius 2 is 1.63 bits per heavy atom. The van der Waals surface area contributed by atoms with Gasteiger partial charge in [-0.1, -0.05) is 36.4 Å². The van der Waals surface area contributed by atoms with Gasteiger partial charge in [0.25, 0.3) is 0 Å². The van der Waals surface area contributed by atoms with Crippen molar-refractivity contribution >= 4 is 11.6 Å². The summed E-state index contributed by atoms with van der Waals surface area (Å²) in [6.45, 7) is 1.90. The second-order valence-corrected chi connectivity index (χ2v) is 4.37. The number of Topliss-reactive ketones (excluding diaryl/α,β-unsaturated/α-hetero) is 2. The predicted molar refractivity (Wildman–Crippen MR) is 72.3 cm³/mol. The zero-order valence-corrected chi connectivity index (χ0v) is 10.6. The van der Waals surface area contributed by atoms with Crippen molar-refractivity contribution in [2.45, 2.75) is 13.3 Å². The van der Waals surface area contributed by atoms with Gasteiger partial charge in [-0.15, -0.1) is 0 Å². The molecule has 0 fully saturated rings. The molecular weight excluding hydrogens is 240 g/mol. The van der Waals surface area contributed by atoms with Gasteiger partial charge in [-0.2, -0.15) is 0 Å². The summed E-state index contributed by atoms with van der Waals surface area (Å²) in [5.41, 5.74) is 1.86. The third kappa shape index (κ3) is 2.88. The molecule has 0 saturated heterocycles. The summed E-state index contributed by atoms with van der Waals surface area (Å²) in [5.74, 6) is -1.33. The molecule has 96 valence electrons. The lowest BCUT2D eigenvalue weighted by molar-refractivity contribution is -0.114. The Kier molecular flexibility index (Phi) is 3.76.